The summed E-state index contributed by atoms with van der Waals surface area (Å²) in [6.45, 7) is 2.17. The molecule has 0 nitrogen and oxygen atoms in total. The Labute approximate surface area is 203 Å². The van der Waals surface area contributed by atoms with Crippen molar-refractivity contribution in [1.82, 2.24) is 0 Å². The summed E-state index contributed by atoms with van der Waals surface area (Å²) < 4.78 is 70.1. The average Bonchev–Trinajstić information content (AvgIpc) is 2.84. The highest BCUT2D eigenvalue weighted by Gasteiger charge is 2.24. The van der Waals surface area contributed by atoms with Gasteiger partial charge in [-0.3, -0.25) is 0 Å². The van der Waals surface area contributed by atoms with Crippen LogP contribution in [-0.4, -0.2) is 0 Å². The van der Waals surface area contributed by atoms with Crippen LogP contribution in [0.2, 0.25) is 0 Å². The van der Waals surface area contributed by atoms with Gasteiger partial charge in [0, 0.05) is 11.5 Å². The van der Waals surface area contributed by atoms with Gasteiger partial charge >= 0.3 is 0 Å². The van der Waals surface area contributed by atoms with Gasteiger partial charge < -0.3 is 0 Å². The first-order valence-electron chi connectivity index (χ1n) is 12.4. The van der Waals surface area contributed by atoms with Gasteiger partial charge in [0.05, 0.1) is 5.39 Å². The Bertz CT molecular complexity index is 1260. The van der Waals surface area contributed by atoms with E-state index in [9.17, 15) is 22.0 Å². The molecule has 3 aromatic carbocycles. The number of fused-ring (bicyclic) bond motifs is 1. The molecule has 0 atom stereocenters. The number of halogens is 5. The fourth-order valence-corrected chi connectivity index (χ4v) is 5.01. The highest BCUT2D eigenvalue weighted by molar-refractivity contribution is 5.85. The molecule has 0 aromatic heterocycles. The van der Waals surface area contributed by atoms with Crippen LogP contribution in [0.1, 0.15) is 80.9 Å². The van der Waals surface area contributed by atoms with Crippen LogP contribution in [-0.2, 0) is 6.42 Å². The summed E-state index contributed by atoms with van der Waals surface area (Å²) in [7, 11) is 0. The Hall–Kier alpha value is -2.87. The summed E-state index contributed by atoms with van der Waals surface area (Å²) in [5.41, 5.74) is 2.09. The molecule has 4 rings (SSSR count). The van der Waals surface area contributed by atoms with Crippen LogP contribution in [0.5, 0.6) is 0 Å². The van der Waals surface area contributed by atoms with Gasteiger partial charge in [0.2, 0.25) is 0 Å². The minimum absolute atomic E-state index is 0.0707. The van der Waals surface area contributed by atoms with Crippen molar-refractivity contribution in [3.05, 3.63) is 82.2 Å². The highest BCUT2D eigenvalue weighted by Crippen LogP contribution is 2.37. The molecule has 0 heterocycles. The van der Waals surface area contributed by atoms with Crippen molar-refractivity contribution in [2.75, 3.05) is 0 Å². The quantitative estimate of drug-likeness (QED) is 0.142. The first-order valence-corrected chi connectivity index (χ1v) is 12.4. The monoisotopic (exact) mass is 484 g/mol. The van der Waals surface area contributed by atoms with E-state index in [0.717, 1.165) is 61.8 Å². The predicted molar refractivity (Wildman–Crippen MR) is 130 cm³/mol. The van der Waals surface area contributed by atoms with E-state index in [2.05, 4.69) is 18.8 Å². The first-order chi connectivity index (χ1) is 16.9. The summed E-state index contributed by atoms with van der Waals surface area (Å²) in [5.74, 6) is 0.562. The van der Waals surface area contributed by atoms with E-state index < -0.39 is 28.7 Å². The second-order valence-corrected chi connectivity index (χ2v) is 9.53. The normalized spacial score (nSPS) is 17.9. The summed E-state index contributed by atoms with van der Waals surface area (Å²) >= 11 is 0. The number of rotatable bonds is 6. The second-order valence-electron chi connectivity index (χ2n) is 9.53. The van der Waals surface area contributed by atoms with Crippen molar-refractivity contribution in [3.8, 4) is 11.8 Å². The predicted octanol–water partition coefficient (Wildman–Crippen LogP) is 8.98. The molecule has 184 valence electrons. The largest absolute Gasteiger partial charge is 0.207 e. The number of hydrogen-bond acceptors (Lipinski definition) is 0. The number of unbranched alkanes of at least 4 members (excludes halogenated alkanes) is 3. The van der Waals surface area contributed by atoms with Crippen molar-refractivity contribution < 1.29 is 22.0 Å². The molecule has 1 fully saturated rings. The van der Waals surface area contributed by atoms with E-state index in [1.807, 2.05) is 12.1 Å². The Morgan fingerprint density at radius 2 is 1.54 bits per heavy atom. The molecule has 1 aliphatic rings. The van der Waals surface area contributed by atoms with Gasteiger partial charge in [-0.1, -0.05) is 50.2 Å². The van der Waals surface area contributed by atoms with Crippen molar-refractivity contribution in [2.24, 2.45) is 5.92 Å². The van der Waals surface area contributed by atoms with Crippen molar-refractivity contribution in [1.29, 1.82) is 0 Å². The van der Waals surface area contributed by atoms with Crippen LogP contribution < -0.4 is 0 Å². The molecule has 0 aliphatic heterocycles. The molecule has 3 aromatic rings. The van der Waals surface area contributed by atoms with Crippen LogP contribution in [0, 0.1) is 46.8 Å². The highest BCUT2D eigenvalue weighted by atomic mass is 19.2. The van der Waals surface area contributed by atoms with E-state index in [0.29, 0.717) is 0 Å². The SMILES string of the molecule is CCCCCCc1ccc(C2CCC(C#Cc3cc(F)c4c(F)c(F)c(F)cc4c3)CC2)c(F)c1. The lowest BCUT2D eigenvalue weighted by Crippen LogP contribution is -2.13. The third kappa shape index (κ3) is 5.86. The van der Waals surface area contributed by atoms with E-state index in [4.69, 9.17) is 0 Å². The lowest BCUT2D eigenvalue weighted by atomic mass is 9.78. The minimum Gasteiger partial charge on any atom is -0.207 e. The van der Waals surface area contributed by atoms with Crippen molar-refractivity contribution >= 4 is 10.8 Å². The van der Waals surface area contributed by atoms with Crippen LogP contribution in [0.25, 0.3) is 10.8 Å². The lowest BCUT2D eigenvalue weighted by molar-refractivity contribution is 0.376. The van der Waals surface area contributed by atoms with Gasteiger partial charge in [0.25, 0.3) is 0 Å². The molecule has 0 bridgehead atoms. The Morgan fingerprint density at radius 1 is 0.771 bits per heavy atom. The van der Waals surface area contributed by atoms with Gasteiger partial charge in [-0.2, -0.15) is 0 Å². The average molecular weight is 485 g/mol. The molecular weight excluding hydrogens is 455 g/mol. The van der Waals surface area contributed by atoms with Crippen LogP contribution in [0.4, 0.5) is 22.0 Å². The Balaban J connectivity index is 1.39. The smallest absolute Gasteiger partial charge is 0.195 e. The van der Waals surface area contributed by atoms with Crippen LogP contribution in [0.3, 0.4) is 0 Å². The molecule has 0 amide bonds. The number of benzene rings is 3. The zero-order chi connectivity index (χ0) is 24.9. The van der Waals surface area contributed by atoms with E-state index in [1.54, 1.807) is 6.07 Å². The van der Waals surface area contributed by atoms with Gasteiger partial charge in [-0.25, -0.2) is 22.0 Å². The lowest BCUT2D eigenvalue weighted by Gasteiger charge is -2.26. The second kappa shape index (κ2) is 11.2. The van der Waals surface area contributed by atoms with E-state index in [1.165, 1.54) is 25.3 Å². The summed E-state index contributed by atoms with van der Waals surface area (Å²) in [5, 5.41) is -0.650. The van der Waals surface area contributed by atoms with Gasteiger partial charge in [-0.15, -0.1) is 0 Å². The molecule has 1 aliphatic carbocycles. The molecule has 0 N–H and O–H groups in total. The molecule has 35 heavy (non-hydrogen) atoms. The van der Waals surface area contributed by atoms with Gasteiger partial charge in [0.15, 0.2) is 17.5 Å². The Morgan fingerprint density at radius 3 is 2.26 bits per heavy atom. The summed E-state index contributed by atoms with van der Waals surface area (Å²) in [6.07, 6.45) is 8.76. The van der Waals surface area contributed by atoms with E-state index in [-0.39, 0.29) is 28.6 Å². The molecule has 0 unspecified atom stereocenters. The van der Waals surface area contributed by atoms with Crippen LogP contribution in [0.15, 0.2) is 36.4 Å². The van der Waals surface area contributed by atoms with Gasteiger partial charge in [-0.05, 0) is 85.2 Å². The third-order valence-corrected chi connectivity index (χ3v) is 7.00. The molecular formula is C30H29F5. The summed E-state index contributed by atoms with van der Waals surface area (Å²) in [4.78, 5) is 0. The van der Waals surface area contributed by atoms with Crippen molar-refractivity contribution in [2.45, 2.75) is 70.6 Å². The topological polar surface area (TPSA) is 0 Å². The number of aryl methyl sites for hydroxylation is 1. The maximum absolute atomic E-state index is 14.8. The molecule has 0 spiro atoms. The zero-order valence-electron chi connectivity index (χ0n) is 19.9. The van der Waals surface area contributed by atoms with Crippen LogP contribution >= 0.6 is 0 Å². The Kier molecular flexibility index (Phi) is 8.11. The first kappa shape index (κ1) is 25.2. The van der Waals surface area contributed by atoms with E-state index >= 15 is 0 Å². The number of hydrogen-bond donors (Lipinski definition) is 0. The maximum atomic E-state index is 14.8. The third-order valence-electron chi connectivity index (χ3n) is 7.00. The summed E-state index contributed by atoms with van der Waals surface area (Å²) in [6, 6.07) is 8.84. The molecule has 1 saturated carbocycles. The minimum atomic E-state index is -1.69. The fourth-order valence-electron chi connectivity index (χ4n) is 5.01. The maximum Gasteiger partial charge on any atom is 0.195 e. The molecule has 5 heteroatoms. The zero-order valence-corrected chi connectivity index (χ0v) is 19.9. The standard InChI is InChI=1S/C30H29F5/c1-2-3-4-5-6-20-11-14-24(25(31)16-20)22-12-9-19(10-13-22)7-8-21-15-23-18-27(33)29(34)30(35)28(23)26(32)17-21/h11,14-19,22H,2-6,9-10,12-13H2,1H3. The molecule has 0 saturated heterocycles. The van der Waals surface area contributed by atoms with Crippen molar-refractivity contribution in [3.63, 3.8) is 0 Å². The van der Waals surface area contributed by atoms with Gasteiger partial charge in [0.1, 0.15) is 11.6 Å². The molecule has 0 radical (unpaired) electrons. The fraction of sp³-hybridized carbons (Fsp3) is 0.400.